The average Bonchev–Trinajstić information content (AvgIpc) is 2.48. The molecule has 0 bridgehead atoms. The van der Waals surface area contributed by atoms with Crippen LogP contribution in [0.4, 0.5) is 5.88 Å². The summed E-state index contributed by atoms with van der Waals surface area (Å²) in [5, 5.41) is 30.0. The van der Waals surface area contributed by atoms with E-state index in [1.54, 1.807) is 0 Å². The number of phenols is 2. The molecule has 1 aromatic heterocycles. The third-order valence-electron chi connectivity index (χ3n) is 3.18. The van der Waals surface area contributed by atoms with Crippen molar-refractivity contribution in [1.82, 2.24) is 0 Å². The summed E-state index contributed by atoms with van der Waals surface area (Å²) in [7, 11) is 0. The molecule has 2 aromatic carbocycles. The van der Waals surface area contributed by atoms with Crippen LogP contribution in [0.5, 0.6) is 11.5 Å². The zero-order valence-electron chi connectivity index (χ0n) is 11.0. The lowest BCUT2D eigenvalue weighted by Gasteiger charge is -2.04. The van der Waals surface area contributed by atoms with Crippen LogP contribution >= 0.6 is 0 Å². The van der Waals surface area contributed by atoms with Crippen molar-refractivity contribution >= 4 is 16.9 Å². The van der Waals surface area contributed by atoms with Crippen LogP contribution in [0.15, 0.2) is 51.7 Å². The van der Waals surface area contributed by atoms with Crippen molar-refractivity contribution in [2.45, 2.75) is 0 Å². The maximum atomic E-state index is 12.5. The topological polar surface area (TPSA) is 114 Å². The van der Waals surface area contributed by atoms with E-state index in [1.807, 2.05) is 0 Å². The minimum absolute atomic E-state index is 0.0264. The normalized spacial score (nSPS) is 10.7. The third-order valence-corrected chi connectivity index (χ3v) is 3.18. The molecule has 3 rings (SSSR count). The first-order chi connectivity index (χ1) is 10.5. The molecule has 0 unspecified atom stereocenters. The summed E-state index contributed by atoms with van der Waals surface area (Å²) in [6.45, 7) is 0. The van der Waals surface area contributed by atoms with Crippen LogP contribution in [0.2, 0.25) is 0 Å². The molecule has 0 amide bonds. The molecule has 0 saturated carbocycles. The van der Waals surface area contributed by atoms with Gasteiger partial charge in [0.2, 0.25) is 5.43 Å². The van der Waals surface area contributed by atoms with E-state index < -0.39 is 16.2 Å². The van der Waals surface area contributed by atoms with Gasteiger partial charge in [0, 0.05) is 6.07 Å². The van der Waals surface area contributed by atoms with Gasteiger partial charge in [-0.3, -0.25) is 14.9 Å². The molecule has 22 heavy (non-hydrogen) atoms. The molecule has 3 aromatic rings. The molecule has 110 valence electrons. The van der Waals surface area contributed by atoms with Gasteiger partial charge in [0.05, 0.1) is 5.39 Å². The Morgan fingerprint density at radius 2 is 1.64 bits per heavy atom. The van der Waals surface area contributed by atoms with Crippen LogP contribution in [-0.4, -0.2) is 15.1 Å². The number of hydrogen-bond donors (Lipinski definition) is 2. The second kappa shape index (κ2) is 4.88. The highest BCUT2D eigenvalue weighted by atomic mass is 16.6. The smallest absolute Gasteiger partial charge is 0.445 e. The van der Waals surface area contributed by atoms with Crippen LogP contribution in [0.1, 0.15) is 0 Å². The van der Waals surface area contributed by atoms with E-state index in [0.717, 1.165) is 6.07 Å². The molecule has 0 saturated heterocycles. The van der Waals surface area contributed by atoms with E-state index in [9.17, 15) is 25.1 Å². The summed E-state index contributed by atoms with van der Waals surface area (Å²) < 4.78 is 5.18. The summed E-state index contributed by atoms with van der Waals surface area (Å²) in [5.74, 6) is -0.905. The molecule has 2 N–H and O–H groups in total. The van der Waals surface area contributed by atoms with Crippen LogP contribution in [0.25, 0.3) is 22.1 Å². The second-order valence-corrected chi connectivity index (χ2v) is 4.60. The minimum Gasteiger partial charge on any atom is -0.508 e. The summed E-state index contributed by atoms with van der Waals surface area (Å²) in [4.78, 5) is 22.9. The Morgan fingerprint density at radius 3 is 2.27 bits per heavy atom. The first kappa shape index (κ1) is 13.6. The third kappa shape index (κ3) is 2.14. The van der Waals surface area contributed by atoms with E-state index in [2.05, 4.69) is 0 Å². The van der Waals surface area contributed by atoms with Crippen molar-refractivity contribution in [2.24, 2.45) is 0 Å². The van der Waals surface area contributed by atoms with Gasteiger partial charge in [-0.25, -0.2) is 0 Å². The number of phenolic OH excluding ortho intramolecular Hbond substituents is 2. The van der Waals surface area contributed by atoms with Gasteiger partial charge in [0.25, 0.3) is 0 Å². The summed E-state index contributed by atoms with van der Waals surface area (Å²) >= 11 is 0. The number of nitrogens with zero attached hydrogens (tertiary/aromatic N) is 1. The standard InChI is InChI=1S/C15H9NO6/c17-9-3-1-8(2-4-9)13-14(19)11-6-5-10(18)7-12(11)22-15(13)16(20)21/h1-7,17-18H. The number of fused-ring (bicyclic) bond motifs is 1. The fraction of sp³-hybridized carbons (Fsp3) is 0. The molecule has 0 aliphatic rings. The maximum absolute atomic E-state index is 12.5. The Kier molecular flexibility index (Phi) is 3.03. The van der Waals surface area contributed by atoms with Crippen LogP contribution in [-0.2, 0) is 0 Å². The molecule has 0 fully saturated rings. The highest BCUT2D eigenvalue weighted by Crippen LogP contribution is 2.31. The van der Waals surface area contributed by atoms with Gasteiger partial charge in [0.1, 0.15) is 27.6 Å². The highest BCUT2D eigenvalue weighted by molar-refractivity contribution is 5.86. The van der Waals surface area contributed by atoms with Gasteiger partial charge in [0.15, 0.2) is 0 Å². The predicted molar refractivity (Wildman–Crippen MR) is 77.9 cm³/mol. The molecule has 0 aliphatic carbocycles. The lowest BCUT2D eigenvalue weighted by Crippen LogP contribution is -2.08. The van der Waals surface area contributed by atoms with Gasteiger partial charge in [-0.05, 0) is 29.8 Å². The van der Waals surface area contributed by atoms with Crippen molar-refractivity contribution in [2.75, 3.05) is 0 Å². The Balaban J connectivity index is 2.41. The number of hydrogen-bond acceptors (Lipinski definition) is 6. The number of rotatable bonds is 2. The van der Waals surface area contributed by atoms with Crippen molar-refractivity contribution < 1.29 is 19.6 Å². The first-order valence-corrected chi connectivity index (χ1v) is 6.21. The van der Waals surface area contributed by atoms with Gasteiger partial charge >= 0.3 is 5.88 Å². The van der Waals surface area contributed by atoms with Crippen LogP contribution < -0.4 is 5.43 Å². The second-order valence-electron chi connectivity index (χ2n) is 4.60. The fourth-order valence-electron chi connectivity index (χ4n) is 2.18. The van der Waals surface area contributed by atoms with Crippen molar-refractivity contribution in [3.63, 3.8) is 0 Å². The van der Waals surface area contributed by atoms with Crippen molar-refractivity contribution in [3.05, 3.63) is 62.8 Å². The monoisotopic (exact) mass is 299 g/mol. The average molecular weight is 299 g/mol. The zero-order chi connectivity index (χ0) is 15.9. The Hall–Kier alpha value is -3.35. The van der Waals surface area contributed by atoms with Crippen LogP contribution in [0, 0.1) is 10.1 Å². The summed E-state index contributed by atoms with van der Waals surface area (Å²) in [5.41, 5.74) is -0.603. The van der Waals surface area contributed by atoms with Gasteiger partial charge in [-0.1, -0.05) is 12.1 Å². The molecule has 0 aliphatic heterocycles. The summed E-state index contributed by atoms with van der Waals surface area (Å²) in [6, 6.07) is 9.20. The van der Waals surface area contributed by atoms with E-state index in [-0.39, 0.29) is 33.6 Å². The van der Waals surface area contributed by atoms with E-state index in [4.69, 9.17) is 4.42 Å². The van der Waals surface area contributed by atoms with Gasteiger partial charge < -0.3 is 14.6 Å². The molecule has 7 heteroatoms. The number of aromatic hydroxyl groups is 2. The summed E-state index contributed by atoms with van der Waals surface area (Å²) in [6.07, 6.45) is 0. The number of benzene rings is 2. The Morgan fingerprint density at radius 1 is 1.00 bits per heavy atom. The SMILES string of the molecule is O=c1c(-c2ccc(O)cc2)c([N+](=O)[O-])oc2cc(O)ccc12. The van der Waals surface area contributed by atoms with Crippen molar-refractivity contribution in [1.29, 1.82) is 0 Å². The fourth-order valence-corrected chi connectivity index (χ4v) is 2.18. The molecule has 0 radical (unpaired) electrons. The minimum atomic E-state index is -0.799. The first-order valence-electron chi connectivity index (χ1n) is 6.21. The molecule has 0 atom stereocenters. The molecule has 0 spiro atoms. The zero-order valence-corrected chi connectivity index (χ0v) is 11.0. The Labute approximate surface area is 122 Å². The van der Waals surface area contributed by atoms with Crippen molar-refractivity contribution in [3.8, 4) is 22.6 Å². The maximum Gasteiger partial charge on any atom is 0.445 e. The lowest BCUT2D eigenvalue weighted by atomic mass is 10.0. The van der Waals surface area contributed by atoms with E-state index in [0.29, 0.717) is 0 Å². The molecule has 1 heterocycles. The Bertz CT molecular complexity index is 943. The van der Waals surface area contributed by atoms with E-state index >= 15 is 0 Å². The highest BCUT2D eigenvalue weighted by Gasteiger charge is 2.25. The van der Waals surface area contributed by atoms with E-state index in [1.165, 1.54) is 36.4 Å². The van der Waals surface area contributed by atoms with Gasteiger partial charge in [-0.15, -0.1) is 0 Å². The lowest BCUT2D eigenvalue weighted by molar-refractivity contribution is -0.401. The quantitative estimate of drug-likeness (QED) is 0.555. The predicted octanol–water partition coefficient (Wildman–Crippen LogP) is 2.78. The number of nitro groups is 1. The van der Waals surface area contributed by atoms with Gasteiger partial charge in [-0.2, -0.15) is 0 Å². The van der Waals surface area contributed by atoms with Crippen LogP contribution in [0.3, 0.4) is 0 Å². The largest absolute Gasteiger partial charge is 0.508 e. The molecule has 7 nitrogen and oxygen atoms in total. The molecular weight excluding hydrogens is 290 g/mol. The molecular formula is C15H9NO6.